The van der Waals surface area contributed by atoms with Gasteiger partial charge in [-0.1, -0.05) is 35.3 Å². The van der Waals surface area contributed by atoms with E-state index in [2.05, 4.69) is 15.9 Å². The Kier molecular flexibility index (Phi) is 6.09. The standard InChI is InChI=1S/C16H12BrCl2NO3S/c1-10-2-4-12(13(17)8-10)16(21)20-24(22,23)7-6-11-3-5-14(18)15(19)9-11/h2-9H,1H3,(H,20,21). The van der Waals surface area contributed by atoms with Gasteiger partial charge in [-0.3, -0.25) is 4.79 Å². The molecule has 0 aromatic heterocycles. The quantitative estimate of drug-likeness (QED) is 0.730. The third-order valence-electron chi connectivity index (χ3n) is 2.99. The van der Waals surface area contributed by atoms with Gasteiger partial charge in [-0.15, -0.1) is 0 Å². The van der Waals surface area contributed by atoms with Gasteiger partial charge in [0.25, 0.3) is 15.9 Å². The Labute approximate surface area is 158 Å². The lowest BCUT2D eigenvalue weighted by atomic mass is 10.1. The number of halogens is 3. The molecule has 8 heteroatoms. The molecule has 2 aromatic rings. The average molecular weight is 449 g/mol. The molecule has 0 bridgehead atoms. The minimum atomic E-state index is -3.95. The number of carbonyl (C=O) groups is 1. The van der Waals surface area contributed by atoms with Crippen LogP contribution >= 0.6 is 39.1 Å². The molecule has 0 radical (unpaired) electrons. The first-order chi connectivity index (χ1) is 11.2. The Morgan fingerprint density at radius 3 is 2.46 bits per heavy atom. The SMILES string of the molecule is Cc1ccc(C(=O)NS(=O)(=O)C=Cc2ccc(Cl)c(Cl)c2)c(Br)c1. The summed E-state index contributed by atoms with van der Waals surface area (Å²) in [6.45, 7) is 1.86. The first-order valence-corrected chi connectivity index (χ1v) is 9.74. The van der Waals surface area contributed by atoms with Crippen LogP contribution in [-0.2, 0) is 10.0 Å². The Morgan fingerprint density at radius 2 is 1.83 bits per heavy atom. The number of aryl methyl sites for hydroxylation is 1. The topological polar surface area (TPSA) is 63.2 Å². The highest BCUT2D eigenvalue weighted by atomic mass is 79.9. The summed E-state index contributed by atoms with van der Waals surface area (Å²) in [5.74, 6) is -0.722. The van der Waals surface area contributed by atoms with Crippen LogP contribution in [0.3, 0.4) is 0 Å². The Hall–Kier alpha value is -1.34. The minimum Gasteiger partial charge on any atom is -0.268 e. The van der Waals surface area contributed by atoms with Crippen LogP contribution in [0, 0.1) is 6.92 Å². The van der Waals surface area contributed by atoms with Crippen LogP contribution in [-0.4, -0.2) is 14.3 Å². The fraction of sp³-hybridized carbons (Fsp3) is 0.0625. The van der Waals surface area contributed by atoms with Crippen LogP contribution in [0.1, 0.15) is 21.5 Å². The van der Waals surface area contributed by atoms with Crippen molar-refractivity contribution in [1.82, 2.24) is 4.72 Å². The number of rotatable bonds is 4. The summed E-state index contributed by atoms with van der Waals surface area (Å²) in [5.41, 5.74) is 1.71. The van der Waals surface area contributed by atoms with E-state index in [1.807, 2.05) is 11.6 Å². The number of amides is 1. The summed E-state index contributed by atoms with van der Waals surface area (Å²) in [7, 11) is -3.95. The molecule has 0 atom stereocenters. The monoisotopic (exact) mass is 447 g/mol. The van der Waals surface area contributed by atoms with Gasteiger partial charge in [0.15, 0.2) is 0 Å². The van der Waals surface area contributed by atoms with Crippen LogP contribution in [0.4, 0.5) is 0 Å². The van der Waals surface area contributed by atoms with Gasteiger partial charge < -0.3 is 0 Å². The number of hydrogen-bond donors (Lipinski definition) is 1. The summed E-state index contributed by atoms with van der Waals surface area (Å²) in [6.07, 6.45) is 1.32. The predicted molar refractivity (Wildman–Crippen MR) is 101 cm³/mol. The number of nitrogens with one attached hydrogen (secondary N) is 1. The Morgan fingerprint density at radius 1 is 1.12 bits per heavy atom. The molecule has 1 amide bonds. The number of carbonyl (C=O) groups excluding carboxylic acids is 1. The van der Waals surface area contributed by atoms with E-state index in [4.69, 9.17) is 23.2 Å². The highest BCUT2D eigenvalue weighted by Crippen LogP contribution is 2.23. The lowest BCUT2D eigenvalue weighted by Crippen LogP contribution is -2.29. The first-order valence-electron chi connectivity index (χ1n) is 6.64. The maximum absolute atomic E-state index is 12.1. The summed E-state index contributed by atoms with van der Waals surface area (Å²) in [6, 6.07) is 9.68. The molecule has 126 valence electrons. The fourth-order valence-electron chi connectivity index (χ4n) is 1.81. The van der Waals surface area contributed by atoms with E-state index in [1.165, 1.54) is 12.1 Å². The van der Waals surface area contributed by atoms with Gasteiger partial charge in [-0.2, -0.15) is 0 Å². The van der Waals surface area contributed by atoms with Gasteiger partial charge >= 0.3 is 0 Å². The third kappa shape index (κ3) is 5.08. The highest BCUT2D eigenvalue weighted by molar-refractivity contribution is 9.10. The highest BCUT2D eigenvalue weighted by Gasteiger charge is 2.15. The van der Waals surface area contributed by atoms with Crippen molar-refractivity contribution in [3.63, 3.8) is 0 Å². The summed E-state index contributed by atoms with van der Waals surface area (Å²) in [4.78, 5) is 12.1. The van der Waals surface area contributed by atoms with Crippen molar-refractivity contribution in [3.8, 4) is 0 Å². The number of hydrogen-bond acceptors (Lipinski definition) is 3. The van der Waals surface area contributed by atoms with Gasteiger partial charge in [-0.25, -0.2) is 13.1 Å². The van der Waals surface area contributed by atoms with Crippen molar-refractivity contribution < 1.29 is 13.2 Å². The molecule has 0 aliphatic carbocycles. The number of sulfonamides is 1. The molecule has 0 aliphatic heterocycles. The molecule has 0 aliphatic rings. The second-order valence-electron chi connectivity index (χ2n) is 4.94. The van der Waals surface area contributed by atoms with Crippen molar-refractivity contribution in [1.29, 1.82) is 0 Å². The molecule has 2 rings (SSSR count). The Balaban J connectivity index is 2.16. The lowest BCUT2D eigenvalue weighted by molar-refractivity contribution is 0.0981. The van der Waals surface area contributed by atoms with Crippen molar-refractivity contribution >= 4 is 61.1 Å². The lowest BCUT2D eigenvalue weighted by Gasteiger charge is -2.06. The van der Waals surface area contributed by atoms with E-state index in [0.717, 1.165) is 11.0 Å². The third-order valence-corrected chi connectivity index (χ3v) is 5.35. The fourth-order valence-corrected chi connectivity index (χ4v) is 3.56. The predicted octanol–water partition coefficient (Wildman–Crippen LogP) is 4.79. The van der Waals surface area contributed by atoms with Crippen molar-refractivity contribution in [2.75, 3.05) is 0 Å². The van der Waals surface area contributed by atoms with Gasteiger partial charge in [-0.05, 0) is 64.3 Å². The van der Waals surface area contributed by atoms with E-state index in [-0.39, 0.29) is 5.56 Å². The van der Waals surface area contributed by atoms with E-state index >= 15 is 0 Å². The smallest absolute Gasteiger partial charge is 0.266 e. The van der Waals surface area contributed by atoms with Gasteiger partial charge in [0, 0.05) is 4.47 Å². The van der Waals surface area contributed by atoms with Crippen molar-refractivity contribution in [2.45, 2.75) is 6.92 Å². The zero-order valence-corrected chi connectivity index (χ0v) is 16.3. The molecule has 1 N–H and O–H groups in total. The first kappa shape index (κ1) is 19.0. The summed E-state index contributed by atoms with van der Waals surface area (Å²) < 4.78 is 26.6. The van der Waals surface area contributed by atoms with E-state index < -0.39 is 15.9 Å². The Bertz CT molecular complexity index is 927. The van der Waals surface area contributed by atoms with Gasteiger partial charge in [0.2, 0.25) is 0 Å². The van der Waals surface area contributed by atoms with Crippen LogP contribution in [0.5, 0.6) is 0 Å². The second-order valence-corrected chi connectivity index (χ2v) is 8.17. The normalized spacial score (nSPS) is 11.7. The maximum atomic E-state index is 12.1. The minimum absolute atomic E-state index is 0.229. The molecule has 0 spiro atoms. The van der Waals surface area contributed by atoms with Crippen LogP contribution in [0.25, 0.3) is 6.08 Å². The van der Waals surface area contributed by atoms with E-state index in [9.17, 15) is 13.2 Å². The molecule has 24 heavy (non-hydrogen) atoms. The zero-order chi connectivity index (χ0) is 17.9. The maximum Gasteiger partial charge on any atom is 0.266 e. The van der Waals surface area contributed by atoms with Crippen LogP contribution < -0.4 is 4.72 Å². The molecular formula is C16H12BrCl2NO3S. The van der Waals surface area contributed by atoms with Gasteiger partial charge in [0.05, 0.1) is 21.0 Å². The molecule has 0 heterocycles. The second kappa shape index (κ2) is 7.70. The van der Waals surface area contributed by atoms with Crippen molar-refractivity contribution in [2.24, 2.45) is 0 Å². The van der Waals surface area contributed by atoms with E-state index in [1.54, 1.807) is 30.3 Å². The van der Waals surface area contributed by atoms with Crippen LogP contribution in [0.15, 0.2) is 46.3 Å². The summed E-state index contributed by atoms with van der Waals surface area (Å²) in [5, 5.41) is 1.57. The van der Waals surface area contributed by atoms with Crippen molar-refractivity contribution in [3.05, 3.63) is 73.0 Å². The molecule has 2 aromatic carbocycles. The largest absolute Gasteiger partial charge is 0.268 e. The zero-order valence-electron chi connectivity index (χ0n) is 12.4. The molecule has 0 unspecified atom stereocenters. The molecule has 0 fully saturated rings. The van der Waals surface area contributed by atoms with Crippen LogP contribution in [0.2, 0.25) is 10.0 Å². The van der Waals surface area contributed by atoms with Gasteiger partial charge in [0.1, 0.15) is 0 Å². The number of benzene rings is 2. The summed E-state index contributed by atoms with van der Waals surface area (Å²) >= 11 is 14.9. The molecular weight excluding hydrogens is 437 g/mol. The van der Waals surface area contributed by atoms with E-state index in [0.29, 0.717) is 20.1 Å². The molecule has 0 saturated heterocycles. The molecule has 4 nitrogen and oxygen atoms in total. The average Bonchev–Trinajstić information content (AvgIpc) is 2.48. The molecule has 0 saturated carbocycles.